The van der Waals surface area contributed by atoms with Crippen molar-refractivity contribution in [2.75, 3.05) is 13.2 Å². The summed E-state index contributed by atoms with van der Waals surface area (Å²) in [4.78, 5) is 28.4. The fourth-order valence-corrected chi connectivity index (χ4v) is 2.70. The van der Waals surface area contributed by atoms with Crippen LogP contribution < -0.4 is 5.32 Å². The van der Waals surface area contributed by atoms with Crippen molar-refractivity contribution in [3.8, 4) is 0 Å². The Labute approximate surface area is 125 Å². The maximum absolute atomic E-state index is 12.6. The third-order valence-electron chi connectivity index (χ3n) is 3.73. The molecule has 0 radical (unpaired) electrons. The monoisotopic (exact) mass is 295 g/mol. The fraction of sp³-hybridized carbons (Fsp3) is 0.200. The van der Waals surface area contributed by atoms with E-state index < -0.39 is 5.60 Å². The lowest BCUT2D eigenvalue weighted by atomic mass is 9.90. The molecule has 1 atom stereocenters. The number of benzene rings is 1. The Kier molecular flexibility index (Phi) is 2.87. The number of fused-ring (bicyclic) bond motifs is 1. The number of hydrogen-bond donors (Lipinski definition) is 2. The van der Waals surface area contributed by atoms with Gasteiger partial charge in [0.1, 0.15) is 0 Å². The van der Waals surface area contributed by atoms with Crippen molar-refractivity contribution in [1.82, 2.24) is 25.3 Å². The number of ether oxygens (including phenoxy) is 1. The highest BCUT2D eigenvalue weighted by atomic mass is 16.5. The van der Waals surface area contributed by atoms with Crippen molar-refractivity contribution in [3.63, 3.8) is 0 Å². The minimum absolute atomic E-state index is 0.260. The minimum Gasteiger partial charge on any atom is -0.352 e. The zero-order valence-corrected chi connectivity index (χ0v) is 11.6. The first-order valence-electron chi connectivity index (χ1n) is 6.94. The van der Waals surface area contributed by atoms with Crippen molar-refractivity contribution >= 4 is 16.9 Å². The Morgan fingerprint density at radius 3 is 2.86 bits per heavy atom. The number of nitrogens with one attached hydrogen (secondary N) is 2. The van der Waals surface area contributed by atoms with Crippen LogP contribution in [0.1, 0.15) is 11.4 Å². The molecule has 1 saturated heterocycles. The van der Waals surface area contributed by atoms with Crippen LogP contribution >= 0.6 is 0 Å². The molecular formula is C15H13N5O2. The number of aromatic amines is 1. The summed E-state index contributed by atoms with van der Waals surface area (Å²) in [5.74, 6) is 0.0647. The van der Waals surface area contributed by atoms with E-state index in [1.54, 1.807) is 24.8 Å². The number of carbonyl (C=O) groups excluding carboxylic acids is 1. The van der Waals surface area contributed by atoms with Gasteiger partial charge >= 0.3 is 0 Å². The number of rotatable bonds is 2. The van der Waals surface area contributed by atoms with Gasteiger partial charge in [0, 0.05) is 24.5 Å². The van der Waals surface area contributed by atoms with Gasteiger partial charge in [-0.2, -0.15) is 0 Å². The van der Waals surface area contributed by atoms with Crippen LogP contribution in [-0.2, 0) is 15.1 Å². The summed E-state index contributed by atoms with van der Waals surface area (Å²) in [5.41, 5.74) is 0.991. The Bertz CT molecular complexity index is 832. The third kappa shape index (κ3) is 1.79. The molecule has 0 spiro atoms. The molecule has 1 aliphatic heterocycles. The van der Waals surface area contributed by atoms with Gasteiger partial charge in [-0.15, -0.1) is 0 Å². The maximum Gasteiger partial charge on any atom is 0.265 e. The van der Waals surface area contributed by atoms with E-state index in [1.165, 1.54) is 0 Å². The van der Waals surface area contributed by atoms with Crippen molar-refractivity contribution in [2.24, 2.45) is 0 Å². The van der Waals surface area contributed by atoms with Crippen LogP contribution in [0.4, 0.5) is 0 Å². The molecule has 2 N–H and O–H groups in total. The summed E-state index contributed by atoms with van der Waals surface area (Å²) in [6.07, 6.45) is 4.82. The number of H-pyrrole nitrogens is 1. The van der Waals surface area contributed by atoms with Crippen molar-refractivity contribution in [2.45, 2.75) is 5.60 Å². The normalized spacial score (nSPS) is 21.7. The molecule has 7 heteroatoms. The van der Waals surface area contributed by atoms with E-state index >= 15 is 0 Å². The first kappa shape index (κ1) is 12.9. The number of morpholine rings is 1. The number of nitrogens with zero attached hydrogens (tertiary/aromatic N) is 3. The second-order valence-corrected chi connectivity index (χ2v) is 4.99. The Morgan fingerprint density at radius 2 is 2.05 bits per heavy atom. The number of amides is 1. The summed E-state index contributed by atoms with van der Waals surface area (Å²) in [6, 6.07) is 7.22. The lowest BCUT2D eigenvalue weighted by Crippen LogP contribution is -2.54. The molecule has 1 fully saturated rings. The molecular weight excluding hydrogens is 282 g/mol. The van der Waals surface area contributed by atoms with Crippen LogP contribution in [0.2, 0.25) is 0 Å². The fourth-order valence-electron chi connectivity index (χ4n) is 2.70. The lowest BCUT2D eigenvalue weighted by molar-refractivity contribution is -0.150. The minimum atomic E-state index is -1.33. The van der Waals surface area contributed by atoms with Crippen LogP contribution in [0.5, 0.6) is 0 Å². The van der Waals surface area contributed by atoms with Crippen molar-refractivity contribution in [1.29, 1.82) is 0 Å². The average molecular weight is 295 g/mol. The molecule has 110 valence electrons. The highest BCUT2D eigenvalue weighted by Crippen LogP contribution is 2.34. The van der Waals surface area contributed by atoms with E-state index in [1.807, 2.05) is 18.2 Å². The van der Waals surface area contributed by atoms with Crippen LogP contribution in [0.25, 0.3) is 11.0 Å². The van der Waals surface area contributed by atoms with E-state index in [9.17, 15) is 4.79 Å². The van der Waals surface area contributed by atoms with Gasteiger partial charge in [0.15, 0.2) is 5.82 Å². The van der Waals surface area contributed by atoms with E-state index in [4.69, 9.17) is 4.74 Å². The van der Waals surface area contributed by atoms with Crippen molar-refractivity contribution < 1.29 is 9.53 Å². The van der Waals surface area contributed by atoms with E-state index in [-0.39, 0.29) is 5.91 Å². The van der Waals surface area contributed by atoms with E-state index in [2.05, 4.69) is 25.3 Å². The molecule has 1 amide bonds. The quantitative estimate of drug-likeness (QED) is 0.727. The SMILES string of the molecule is O=C1NCCOC1(c1ccc2nc[nH]c2c1)c1ncccn1. The molecule has 22 heavy (non-hydrogen) atoms. The number of aromatic nitrogens is 4. The van der Waals surface area contributed by atoms with Gasteiger partial charge in [0.05, 0.1) is 24.0 Å². The number of imidazole rings is 1. The molecule has 0 bridgehead atoms. The van der Waals surface area contributed by atoms with Gasteiger partial charge in [-0.3, -0.25) is 4.79 Å². The summed E-state index contributed by atoms with van der Waals surface area (Å²) < 4.78 is 5.90. The van der Waals surface area contributed by atoms with Crippen LogP contribution in [0, 0.1) is 0 Å². The Hall–Kier alpha value is -2.80. The highest BCUT2D eigenvalue weighted by Gasteiger charge is 2.48. The molecule has 1 unspecified atom stereocenters. The molecule has 3 aromatic rings. The molecule has 7 nitrogen and oxygen atoms in total. The molecule has 4 rings (SSSR count). The standard InChI is InChI=1S/C15H13N5O2/c21-14-15(22-7-6-18-14,13-16-4-1-5-17-13)10-2-3-11-12(8-10)20-9-19-11/h1-5,8-9H,6-7H2,(H,18,21)(H,19,20). The predicted octanol–water partition coefficient (Wildman–Crippen LogP) is 0.743. The van der Waals surface area contributed by atoms with Crippen molar-refractivity contribution in [3.05, 3.63) is 54.4 Å². The van der Waals surface area contributed by atoms with E-state index in [0.717, 1.165) is 11.0 Å². The summed E-state index contributed by atoms with van der Waals surface area (Å²) in [7, 11) is 0. The average Bonchev–Trinajstić information content (AvgIpc) is 3.04. The largest absolute Gasteiger partial charge is 0.352 e. The Balaban J connectivity index is 1.95. The topological polar surface area (TPSA) is 92.8 Å². The summed E-state index contributed by atoms with van der Waals surface area (Å²) >= 11 is 0. The van der Waals surface area contributed by atoms with Gasteiger partial charge < -0.3 is 15.0 Å². The molecule has 3 heterocycles. The Morgan fingerprint density at radius 1 is 1.18 bits per heavy atom. The number of hydrogen-bond acceptors (Lipinski definition) is 5. The lowest BCUT2D eigenvalue weighted by Gasteiger charge is -2.34. The number of carbonyl (C=O) groups is 1. The predicted molar refractivity (Wildman–Crippen MR) is 77.9 cm³/mol. The second-order valence-electron chi connectivity index (χ2n) is 4.99. The summed E-state index contributed by atoms with van der Waals surface area (Å²) in [6.45, 7) is 0.866. The first-order chi connectivity index (χ1) is 10.8. The molecule has 1 aromatic carbocycles. The smallest absolute Gasteiger partial charge is 0.265 e. The first-order valence-corrected chi connectivity index (χ1v) is 6.94. The van der Waals surface area contributed by atoms with Gasteiger partial charge in [0.2, 0.25) is 5.60 Å². The summed E-state index contributed by atoms with van der Waals surface area (Å²) in [5, 5.41) is 2.84. The zero-order valence-electron chi connectivity index (χ0n) is 11.6. The third-order valence-corrected chi connectivity index (χ3v) is 3.73. The second kappa shape index (κ2) is 4.88. The molecule has 0 aliphatic carbocycles. The molecule has 2 aromatic heterocycles. The maximum atomic E-state index is 12.6. The van der Waals surface area contributed by atoms with Crippen LogP contribution in [-0.4, -0.2) is 39.0 Å². The van der Waals surface area contributed by atoms with Crippen LogP contribution in [0.15, 0.2) is 43.0 Å². The zero-order chi connectivity index (χ0) is 15.0. The van der Waals surface area contributed by atoms with Gasteiger partial charge in [-0.1, -0.05) is 6.07 Å². The highest BCUT2D eigenvalue weighted by molar-refractivity contribution is 5.91. The van der Waals surface area contributed by atoms with E-state index in [0.29, 0.717) is 24.5 Å². The molecule has 1 aliphatic rings. The van der Waals surface area contributed by atoms with Gasteiger partial charge in [-0.05, 0) is 18.2 Å². The molecule has 0 saturated carbocycles. The van der Waals surface area contributed by atoms with Crippen LogP contribution in [0.3, 0.4) is 0 Å². The van der Waals surface area contributed by atoms with Gasteiger partial charge in [0.25, 0.3) is 5.91 Å². The van der Waals surface area contributed by atoms with Gasteiger partial charge in [-0.25, -0.2) is 15.0 Å².